The van der Waals surface area contributed by atoms with Gasteiger partial charge in [0.2, 0.25) is 0 Å². The van der Waals surface area contributed by atoms with Gasteiger partial charge >= 0.3 is 0 Å². The van der Waals surface area contributed by atoms with Crippen molar-refractivity contribution in [3.8, 4) is 5.75 Å². The lowest BCUT2D eigenvalue weighted by molar-refractivity contribution is 0.339. The summed E-state index contributed by atoms with van der Waals surface area (Å²) in [5.41, 5.74) is 7.30. The summed E-state index contributed by atoms with van der Waals surface area (Å²) in [6, 6.07) is 6.05. The molecule has 0 spiro atoms. The predicted octanol–water partition coefficient (Wildman–Crippen LogP) is 3.89. The second-order valence-corrected chi connectivity index (χ2v) is 5.21. The Labute approximate surface area is 106 Å². The van der Waals surface area contributed by atoms with E-state index in [0.717, 1.165) is 22.2 Å². The fourth-order valence-electron chi connectivity index (χ4n) is 1.70. The van der Waals surface area contributed by atoms with Crippen LogP contribution in [0, 0.1) is 5.92 Å². The zero-order valence-corrected chi connectivity index (χ0v) is 11.8. The second-order valence-electron chi connectivity index (χ2n) is 4.35. The smallest absolute Gasteiger partial charge is 0.119 e. The molecule has 0 radical (unpaired) electrons. The first-order chi connectivity index (χ1) is 7.54. The van der Waals surface area contributed by atoms with Crippen molar-refractivity contribution < 1.29 is 4.74 Å². The minimum atomic E-state index is 0.0646. The molecular weight excluding hydrogens is 266 g/mol. The van der Waals surface area contributed by atoms with Crippen LogP contribution in [0.25, 0.3) is 0 Å². The zero-order chi connectivity index (χ0) is 12.1. The van der Waals surface area contributed by atoms with Gasteiger partial charge in [-0.2, -0.15) is 0 Å². The molecule has 0 heterocycles. The summed E-state index contributed by atoms with van der Waals surface area (Å²) < 4.78 is 6.54. The molecule has 0 aliphatic rings. The van der Waals surface area contributed by atoms with Crippen LogP contribution in [0.1, 0.15) is 38.8 Å². The van der Waals surface area contributed by atoms with E-state index in [9.17, 15) is 0 Å². The summed E-state index contributed by atoms with van der Waals surface area (Å²) in [7, 11) is 0. The number of hydrogen-bond acceptors (Lipinski definition) is 2. The highest BCUT2D eigenvalue weighted by Gasteiger charge is 2.12. The number of halogens is 1. The lowest BCUT2D eigenvalue weighted by atomic mass is 9.98. The van der Waals surface area contributed by atoms with E-state index >= 15 is 0 Å². The van der Waals surface area contributed by atoms with Gasteiger partial charge in [-0.15, -0.1) is 0 Å². The van der Waals surface area contributed by atoms with Crippen molar-refractivity contribution in [3.63, 3.8) is 0 Å². The van der Waals surface area contributed by atoms with E-state index in [1.807, 2.05) is 25.1 Å². The molecule has 0 aliphatic carbocycles. The molecule has 0 amide bonds. The van der Waals surface area contributed by atoms with E-state index in [1.165, 1.54) is 0 Å². The maximum atomic E-state index is 6.18. The average molecular weight is 286 g/mol. The van der Waals surface area contributed by atoms with E-state index in [0.29, 0.717) is 12.5 Å². The van der Waals surface area contributed by atoms with Crippen LogP contribution in [-0.2, 0) is 0 Å². The zero-order valence-electron chi connectivity index (χ0n) is 10.2. The van der Waals surface area contributed by atoms with E-state index < -0.39 is 0 Å². The Morgan fingerprint density at radius 3 is 2.62 bits per heavy atom. The monoisotopic (exact) mass is 285 g/mol. The van der Waals surface area contributed by atoms with E-state index in [-0.39, 0.29) is 6.04 Å². The van der Waals surface area contributed by atoms with Crippen LogP contribution in [0.3, 0.4) is 0 Å². The number of benzene rings is 1. The topological polar surface area (TPSA) is 35.2 Å². The molecule has 2 N–H and O–H groups in total. The lowest BCUT2D eigenvalue weighted by Crippen LogP contribution is -2.13. The second kappa shape index (κ2) is 6.26. The van der Waals surface area contributed by atoms with Crippen molar-refractivity contribution in [2.24, 2.45) is 11.7 Å². The van der Waals surface area contributed by atoms with Crippen molar-refractivity contribution in [1.29, 1.82) is 0 Å². The van der Waals surface area contributed by atoms with Gasteiger partial charge in [0.25, 0.3) is 0 Å². The van der Waals surface area contributed by atoms with Gasteiger partial charge in [0, 0.05) is 10.5 Å². The molecule has 90 valence electrons. The third-order valence-corrected chi connectivity index (χ3v) is 3.13. The summed E-state index contributed by atoms with van der Waals surface area (Å²) in [6.07, 6.45) is 0.980. The lowest BCUT2D eigenvalue weighted by Gasteiger charge is -2.17. The van der Waals surface area contributed by atoms with Crippen LogP contribution in [0.15, 0.2) is 22.7 Å². The molecule has 16 heavy (non-hydrogen) atoms. The molecule has 1 rings (SSSR count). The van der Waals surface area contributed by atoms with Gasteiger partial charge in [-0.05, 0) is 43.0 Å². The highest BCUT2D eigenvalue weighted by Crippen LogP contribution is 2.29. The molecule has 1 unspecified atom stereocenters. The van der Waals surface area contributed by atoms with Gasteiger partial charge in [0.15, 0.2) is 0 Å². The molecule has 3 heteroatoms. The van der Waals surface area contributed by atoms with Crippen molar-refractivity contribution in [1.82, 2.24) is 0 Å². The minimum absolute atomic E-state index is 0.0646. The van der Waals surface area contributed by atoms with Crippen LogP contribution in [0.2, 0.25) is 0 Å². The molecule has 0 aliphatic heterocycles. The first kappa shape index (κ1) is 13.5. The summed E-state index contributed by atoms with van der Waals surface area (Å²) in [6.45, 7) is 7.02. The van der Waals surface area contributed by atoms with Crippen molar-refractivity contribution in [2.45, 2.75) is 33.2 Å². The predicted molar refractivity (Wildman–Crippen MR) is 71.7 cm³/mol. The van der Waals surface area contributed by atoms with Crippen LogP contribution in [0.5, 0.6) is 5.75 Å². The highest BCUT2D eigenvalue weighted by atomic mass is 79.9. The van der Waals surface area contributed by atoms with Gasteiger partial charge < -0.3 is 10.5 Å². The summed E-state index contributed by atoms with van der Waals surface area (Å²) in [5, 5.41) is 0. The summed E-state index contributed by atoms with van der Waals surface area (Å²) in [5.74, 6) is 1.48. The standard InChI is InChI=1S/C13H20BrNO/c1-4-16-10-5-6-12(14)11(8-10)13(15)7-9(2)3/h5-6,8-9,13H,4,7,15H2,1-3H3. The van der Waals surface area contributed by atoms with Crippen molar-refractivity contribution >= 4 is 15.9 Å². The number of rotatable bonds is 5. The Morgan fingerprint density at radius 2 is 2.06 bits per heavy atom. The van der Waals surface area contributed by atoms with Gasteiger partial charge in [-0.25, -0.2) is 0 Å². The minimum Gasteiger partial charge on any atom is -0.494 e. The van der Waals surface area contributed by atoms with Crippen LogP contribution in [-0.4, -0.2) is 6.61 Å². The van der Waals surface area contributed by atoms with Crippen LogP contribution >= 0.6 is 15.9 Å². The molecule has 0 saturated carbocycles. The number of nitrogens with two attached hydrogens (primary N) is 1. The van der Waals surface area contributed by atoms with E-state index in [1.54, 1.807) is 0 Å². The van der Waals surface area contributed by atoms with Gasteiger partial charge in [0.1, 0.15) is 5.75 Å². The summed E-state index contributed by atoms with van der Waals surface area (Å²) >= 11 is 3.54. The van der Waals surface area contributed by atoms with Crippen molar-refractivity contribution in [3.05, 3.63) is 28.2 Å². The average Bonchev–Trinajstić information content (AvgIpc) is 2.20. The third kappa shape index (κ3) is 3.80. The SMILES string of the molecule is CCOc1ccc(Br)c(C(N)CC(C)C)c1. The Balaban J connectivity index is 2.88. The first-order valence-corrected chi connectivity index (χ1v) is 6.51. The molecule has 0 fully saturated rings. The van der Waals surface area contributed by atoms with Gasteiger partial charge in [0.05, 0.1) is 6.61 Å². The first-order valence-electron chi connectivity index (χ1n) is 5.72. The molecule has 1 aromatic carbocycles. The van der Waals surface area contributed by atoms with Crippen molar-refractivity contribution in [2.75, 3.05) is 6.61 Å². The Bertz CT molecular complexity index is 339. The maximum absolute atomic E-state index is 6.18. The van der Waals surface area contributed by atoms with E-state index in [2.05, 4.69) is 29.8 Å². The maximum Gasteiger partial charge on any atom is 0.119 e. The Morgan fingerprint density at radius 1 is 1.38 bits per heavy atom. The quantitative estimate of drug-likeness (QED) is 0.891. The molecule has 0 saturated heterocycles. The number of ether oxygens (including phenoxy) is 1. The molecule has 0 bridgehead atoms. The molecule has 2 nitrogen and oxygen atoms in total. The Hall–Kier alpha value is -0.540. The highest BCUT2D eigenvalue weighted by molar-refractivity contribution is 9.10. The van der Waals surface area contributed by atoms with Crippen LogP contribution < -0.4 is 10.5 Å². The largest absolute Gasteiger partial charge is 0.494 e. The molecule has 1 atom stereocenters. The fourth-order valence-corrected chi connectivity index (χ4v) is 2.24. The molecular formula is C13H20BrNO. The summed E-state index contributed by atoms with van der Waals surface area (Å²) in [4.78, 5) is 0. The normalized spacial score (nSPS) is 12.9. The third-order valence-electron chi connectivity index (χ3n) is 2.40. The fraction of sp³-hybridized carbons (Fsp3) is 0.538. The Kier molecular flexibility index (Phi) is 5.29. The number of hydrogen-bond donors (Lipinski definition) is 1. The van der Waals surface area contributed by atoms with E-state index in [4.69, 9.17) is 10.5 Å². The molecule has 0 aromatic heterocycles. The van der Waals surface area contributed by atoms with Crippen LogP contribution in [0.4, 0.5) is 0 Å². The van der Waals surface area contributed by atoms with Gasteiger partial charge in [-0.3, -0.25) is 0 Å². The molecule has 1 aromatic rings. The van der Waals surface area contributed by atoms with Gasteiger partial charge in [-0.1, -0.05) is 29.8 Å².